The number of rotatable bonds is 6. The van der Waals surface area contributed by atoms with Crippen molar-refractivity contribution in [1.29, 1.82) is 0 Å². The number of nitrogens with zero attached hydrogens (tertiary/aromatic N) is 4. The highest BCUT2D eigenvalue weighted by atomic mass is 16.5. The molecule has 0 saturated carbocycles. The molecule has 0 aromatic carbocycles. The molecule has 0 aliphatic heterocycles. The maximum atomic E-state index is 9.47. The van der Waals surface area contributed by atoms with E-state index in [1.165, 1.54) is 24.0 Å². The molecule has 0 bridgehead atoms. The second-order valence-corrected chi connectivity index (χ2v) is 4.33. The zero-order valence-corrected chi connectivity index (χ0v) is 10.9. The maximum Gasteiger partial charge on any atom is 0.162 e. The molecule has 0 amide bonds. The van der Waals surface area contributed by atoms with E-state index in [9.17, 15) is 10.2 Å². The van der Waals surface area contributed by atoms with Gasteiger partial charge in [-0.05, 0) is 6.92 Å². The van der Waals surface area contributed by atoms with Crippen LogP contribution in [0.3, 0.4) is 0 Å². The molecule has 2 heterocycles. The van der Waals surface area contributed by atoms with E-state index in [1.54, 1.807) is 0 Å². The van der Waals surface area contributed by atoms with Gasteiger partial charge < -0.3 is 25.8 Å². The molecule has 9 nitrogen and oxygen atoms in total. The monoisotopic (exact) mass is 283 g/mol. The number of aromatic nitrogens is 4. The summed E-state index contributed by atoms with van der Waals surface area (Å²) in [5.74, 6) is 0.570. The molecule has 110 valence electrons. The Morgan fingerprint density at radius 2 is 2.10 bits per heavy atom. The summed E-state index contributed by atoms with van der Waals surface area (Å²) in [7, 11) is 0. The quantitative estimate of drug-likeness (QED) is 0.502. The molecule has 0 aliphatic rings. The van der Waals surface area contributed by atoms with Gasteiger partial charge in [0, 0.05) is 0 Å². The fraction of sp³-hybridized carbons (Fsp3) is 0.545. The van der Waals surface area contributed by atoms with Crippen molar-refractivity contribution in [1.82, 2.24) is 19.6 Å². The first-order chi connectivity index (χ1) is 9.58. The van der Waals surface area contributed by atoms with Crippen LogP contribution in [0.4, 0.5) is 5.82 Å². The van der Waals surface area contributed by atoms with Crippen molar-refractivity contribution in [3.63, 3.8) is 0 Å². The lowest BCUT2D eigenvalue weighted by Gasteiger charge is -2.23. The molecule has 20 heavy (non-hydrogen) atoms. The highest BCUT2D eigenvalue weighted by Gasteiger charge is 2.25. The Morgan fingerprint density at radius 1 is 1.35 bits per heavy atom. The summed E-state index contributed by atoms with van der Waals surface area (Å²) in [4.78, 5) is 7.94. The summed E-state index contributed by atoms with van der Waals surface area (Å²) in [6.45, 7) is 0.722. The minimum atomic E-state index is -0.889. The molecule has 0 unspecified atom stereocenters. The van der Waals surface area contributed by atoms with Gasteiger partial charge in [0.1, 0.15) is 24.1 Å². The summed E-state index contributed by atoms with van der Waals surface area (Å²) in [5.41, 5.74) is 6.18. The number of fused-ring (bicyclic) bond motifs is 1. The minimum Gasteiger partial charge on any atom is -0.394 e. The number of anilines is 1. The van der Waals surface area contributed by atoms with Crippen molar-refractivity contribution in [3.8, 4) is 0 Å². The van der Waals surface area contributed by atoms with Gasteiger partial charge in [-0.25, -0.2) is 14.5 Å². The smallest absolute Gasteiger partial charge is 0.162 e. The van der Waals surface area contributed by atoms with E-state index >= 15 is 0 Å². The minimum absolute atomic E-state index is 0.254. The second-order valence-electron chi connectivity index (χ2n) is 4.33. The van der Waals surface area contributed by atoms with E-state index in [1.807, 2.05) is 0 Å². The topological polar surface area (TPSA) is 139 Å². The highest BCUT2D eigenvalue weighted by Crippen LogP contribution is 2.21. The summed E-state index contributed by atoms with van der Waals surface area (Å²) in [6, 6.07) is 0. The fourth-order valence-electron chi connectivity index (χ4n) is 1.79. The van der Waals surface area contributed by atoms with Crippen molar-refractivity contribution >= 4 is 11.3 Å². The summed E-state index contributed by atoms with van der Waals surface area (Å²) in [5, 5.41) is 32.1. The molecule has 0 saturated heterocycles. The molecular formula is C11H17N5O4. The van der Waals surface area contributed by atoms with Gasteiger partial charge in [0.15, 0.2) is 11.6 Å². The first-order valence-electron chi connectivity index (χ1n) is 6.07. The van der Waals surface area contributed by atoms with Crippen LogP contribution in [0.5, 0.6) is 0 Å². The van der Waals surface area contributed by atoms with Crippen LogP contribution in [0.25, 0.3) is 5.52 Å². The number of nitrogen functional groups attached to an aromatic ring is 1. The largest absolute Gasteiger partial charge is 0.394 e. The van der Waals surface area contributed by atoms with Crippen LogP contribution in [0.2, 0.25) is 0 Å². The van der Waals surface area contributed by atoms with E-state index in [-0.39, 0.29) is 19.0 Å². The molecule has 0 spiro atoms. The molecule has 0 radical (unpaired) electrons. The Balaban J connectivity index is 2.32. The first kappa shape index (κ1) is 14.6. The van der Waals surface area contributed by atoms with Crippen molar-refractivity contribution in [2.45, 2.75) is 25.2 Å². The number of aliphatic hydroxyl groups is 3. The van der Waals surface area contributed by atoms with Gasteiger partial charge in [0.2, 0.25) is 0 Å². The number of hydrogen-bond acceptors (Lipinski definition) is 8. The molecule has 2 rings (SSSR count). The Labute approximate surface area is 114 Å². The molecule has 2 aromatic rings. The van der Waals surface area contributed by atoms with Gasteiger partial charge in [0.25, 0.3) is 0 Å². The second kappa shape index (κ2) is 6.09. The fourth-order valence-corrected chi connectivity index (χ4v) is 1.79. The SMILES string of the molecule is C[C@H](O)[C@@H](CO)O[C@H](CO)c1ncc2c(N)ncnn12. The first-order valence-corrected chi connectivity index (χ1v) is 6.07. The van der Waals surface area contributed by atoms with E-state index in [4.69, 9.17) is 15.6 Å². The van der Waals surface area contributed by atoms with E-state index in [0.29, 0.717) is 11.3 Å². The molecule has 0 fully saturated rings. The third-order valence-electron chi connectivity index (χ3n) is 2.90. The van der Waals surface area contributed by atoms with Crippen LogP contribution in [0, 0.1) is 0 Å². The average Bonchev–Trinajstić information content (AvgIpc) is 2.85. The van der Waals surface area contributed by atoms with Crippen molar-refractivity contribution in [3.05, 3.63) is 18.3 Å². The van der Waals surface area contributed by atoms with Gasteiger partial charge in [-0.2, -0.15) is 5.10 Å². The lowest BCUT2D eigenvalue weighted by Crippen LogP contribution is -2.33. The molecule has 3 atom stereocenters. The summed E-state index contributed by atoms with van der Waals surface area (Å²) < 4.78 is 6.87. The number of imidazole rings is 1. The lowest BCUT2D eigenvalue weighted by molar-refractivity contribution is -0.110. The lowest BCUT2D eigenvalue weighted by atomic mass is 10.2. The standard InChI is InChI=1S/C11H17N5O4/c1-6(19)8(3-17)20-9(4-18)11-13-2-7-10(12)14-5-15-16(7)11/h2,5-6,8-9,17-19H,3-4H2,1H3,(H2,12,14,15)/t6-,8+,9+/m0/s1. The maximum absolute atomic E-state index is 9.47. The zero-order valence-electron chi connectivity index (χ0n) is 10.9. The Bertz CT molecular complexity index is 573. The van der Waals surface area contributed by atoms with Gasteiger partial charge in [-0.15, -0.1) is 0 Å². The Kier molecular flexibility index (Phi) is 4.45. The number of aliphatic hydroxyl groups excluding tert-OH is 3. The van der Waals surface area contributed by atoms with Gasteiger partial charge in [-0.1, -0.05) is 0 Å². The molecule has 5 N–H and O–H groups in total. The Hall–Kier alpha value is -1.81. The number of hydrogen-bond donors (Lipinski definition) is 4. The van der Waals surface area contributed by atoms with Crippen LogP contribution in [0.15, 0.2) is 12.5 Å². The van der Waals surface area contributed by atoms with Crippen molar-refractivity contribution in [2.24, 2.45) is 0 Å². The van der Waals surface area contributed by atoms with Crippen LogP contribution >= 0.6 is 0 Å². The normalized spacial score (nSPS) is 16.2. The van der Waals surface area contributed by atoms with Gasteiger partial charge in [0.05, 0.1) is 25.5 Å². The summed E-state index contributed by atoms with van der Waals surface area (Å²) in [6.07, 6.45) is 0.157. The van der Waals surface area contributed by atoms with Crippen LogP contribution in [-0.2, 0) is 4.74 Å². The van der Waals surface area contributed by atoms with Crippen LogP contribution < -0.4 is 5.73 Å². The van der Waals surface area contributed by atoms with Crippen LogP contribution in [0.1, 0.15) is 18.9 Å². The third-order valence-corrected chi connectivity index (χ3v) is 2.90. The molecule has 2 aromatic heterocycles. The predicted octanol–water partition coefficient (Wildman–Crippen LogP) is -1.50. The van der Waals surface area contributed by atoms with E-state index in [2.05, 4.69) is 15.1 Å². The van der Waals surface area contributed by atoms with Crippen molar-refractivity contribution in [2.75, 3.05) is 18.9 Å². The van der Waals surface area contributed by atoms with Crippen molar-refractivity contribution < 1.29 is 20.1 Å². The zero-order chi connectivity index (χ0) is 14.7. The molecule has 0 aliphatic carbocycles. The Morgan fingerprint density at radius 3 is 2.70 bits per heavy atom. The predicted molar refractivity (Wildman–Crippen MR) is 68.7 cm³/mol. The van der Waals surface area contributed by atoms with Gasteiger partial charge >= 0.3 is 0 Å². The van der Waals surface area contributed by atoms with Gasteiger partial charge in [-0.3, -0.25) is 0 Å². The average molecular weight is 283 g/mol. The van der Waals surface area contributed by atoms with E-state index in [0.717, 1.165) is 0 Å². The number of nitrogens with two attached hydrogens (primary N) is 1. The third kappa shape index (κ3) is 2.70. The molecular weight excluding hydrogens is 266 g/mol. The highest BCUT2D eigenvalue weighted by molar-refractivity contribution is 5.63. The molecule has 9 heteroatoms. The number of ether oxygens (including phenoxy) is 1. The van der Waals surface area contributed by atoms with Crippen LogP contribution in [-0.4, -0.2) is 60.3 Å². The summed E-state index contributed by atoms with van der Waals surface area (Å²) >= 11 is 0. The van der Waals surface area contributed by atoms with E-state index < -0.39 is 18.3 Å².